The van der Waals surface area contributed by atoms with E-state index in [1.165, 1.54) is 24.5 Å². The van der Waals surface area contributed by atoms with E-state index in [1.54, 1.807) is 0 Å². The molecule has 5 nitrogen and oxygen atoms in total. The second-order valence-corrected chi connectivity index (χ2v) is 4.55. The van der Waals surface area contributed by atoms with Crippen LogP contribution >= 0.6 is 0 Å². The van der Waals surface area contributed by atoms with Crippen LogP contribution < -0.4 is 10.6 Å². The van der Waals surface area contributed by atoms with Crippen molar-refractivity contribution in [2.75, 3.05) is 17.2 Å². The molecule has 21 heavy (non-hydrogen) atoms. The van der Waals surface area contributed by atoms with Crippen molar-refractivity contribution in [2.45, 2.75) is 20.3 Å². The number of hydrogen-bond donors (Lipinski definition) is 2. The predicted molar refractivity (Wildman–Crippen MR) is 79.9 cm³/mol. The number of nitrogens with zero attached hydrogens (tertiary/aromatic N) is 3. The van der Waals surface area contributed by atoms with E-state index in [4.69, 9.17) is 5.26 Å². The minimum Gasteiger partial charge on any atom is -0.370 e. The third-order valence-corrected chi connectivity index (χ3v) is 2.98. The van der Waals surface area contributed by atoms with Gasteiger partial charge in [0.2, 0.25) is 0 Å². The minimum atomic E-state index is -0.443. The molecule has 1 aromatic carbocycles. The maximum Gasteiger partial charge on any atom is 0.138 e. The molecule has 2 aromatic rings. The monoisotopic (exact) mass is 285 g/mol. The third-order valence-electron chi connectivity index (χ3n) is 2.98. The molecule has 0 atom stereocenters. The van der Waals surface area contributed by atoms with Gasteiger partial charge in [0, 0.05) is 12.1 Å². The van der Waals surface area contributed by atoms with Crippen molar-refractivity contribution in [3.63, 3.8) is 0 Å². The first-order valence-electron chi connectivity index (χ1n) is 6.67. The van der Waals surface area contributed by atoms with Gasteiger partial charge in [0.15, 0.2) is 0 Å². The Labute approximate surface area is 122 Å². The van der Waals surface area contributed by atoms with Crippen molar-refractivity contribution in [1.29, 1.82) is 5.26 Å². The summed E-state index contributed by atoms with van der Waals surface area (Å²) in [5.74, 6) is 0.892. The van der Waals surface area contributed by atoms with Crippen molar-refractivity contribution in [3.8, 4) is 6.07 Å². The summed E-state index contributed by atoms with van der Waals surface area (Å²) in [7, 11) is 0. The lowest BCUT2D eigenvalue weighted by atomic mass is 10.2. The number of aromatic nitrogens is 2. The molecule has 0 bridgehead atoms. The smallest absolute Gasteiger partial charge is 0.138 e. The zero-order valence-electron chi connectivity index (χ0n) is 11.9. The van der Waals surface area contributed by atoms with Crippen LogP contribution in [0.4, 0.5) is 21.7 Å². The van der Waals surface area contributed by atoms with Crippen molar-refractivity contribution >= 4 is 17.3 Å². The lowest BCUT2D eigenvalue weighted by Crippen LogP contribution is -2.07. The van der Waals surface area contributed by atoms with E-state index in [0.717, 1.165) is 24.3 Å². The summed E-state index contributed by atoms with van der Waals surface area (Å²) >= 11 is 0. The maximum absolute atomic E-state index is 13.1. The Morgan fingerprint density at radius 2 is 2.05 bits per heavy atom. The zero-order chi connectivity index (χ0) is 15.2. The largest absolute Gasteiger partial charge is 0.370 e. The molecule has 6 heteroatoms. The van der Waals surface area contributed by atoms with Crippen LogP contribution in [0.15, 0.2) is 24.5 Å². The van der Waals surface area contributed by atoms with Crippen LogP contribution in [0.25, 0.3) is 0 Å². The molecular weight excluding hydrogens is 269 g/mol. The van der Waals surface area contributed by atoms with Gasteiger partial charge in [-0.3, -0.25) is 0 Å². The van der Waals surface area contributed by atoms with Gasteiger partial charge < -0.3 is 10.6 Å². The van der Waals surface area contributed by atoms with E-state index in [1.807, 2.05) is 13.0 Å². The molecule has 0 unspecified atom stereocenters. The van der Waals surface area contributed by atoms with Crippen LogP contribution in [0.5, 0.6) is 0 Å². The van der Waals surface area contributed by atoms with Crippen LogP contribution in [-0.2, 0) is 0 Å². The van der Waals surface area contributed by atoms with Crippen LogP contribution in [0, 0.1) is 24.1 Å². The van der Waals surface area contributed by atoms with Gasteiger partial charge in [-0.05, 0) is 31.5 Å². The van der Waals surface area contributed by atoms with Crippen molar-refractivity contribution in [3.05, 3.63) is 41.5 Å². The first kappa shape index (κ1) is 14.7. The van der Waals surface area contributed by atoms with Gasteiger partial charge in [-0.15, -0.1) is 0 Å². The number of rotatable bonds is 5. The summed E-state index contributed by atoms with van der Waals surface area (Å²) in [5.41, 5.74) is 1.59. The number of anilines is 3. The highest BCUT2D eigenvalue weighted by Gasteiger charge is 2.09. The fourth-order valence-corrected chi connectivity index (χ4v) is 1.84. The summed E-state index contributed by atoms with van der Waals surface area (Å²) < 4.78 is 13.1. The third kappa shape index (κ3) is 3.45. The van der Waals surface area contributed by atoms with Crippen LogP contribution in [0.3, 0.4) is 0 Å². The summed E-state index contributed by atoms with van der Waals surface area (Å²) in [6.07, 6.45) is 2.44. The highest BCUT2D eigenvalue weighted by Crippen LogP contribution is 2.24. The number of nitrogens with one attached hydrogen (secondary N) is 2. The van der Waals surface area contributed by atoms with Crippen molar-refractivity contribution < 1.29 is 4.39 Å². The van der Waals surface area contributed by atoms with Crippen LogP contribution in [-0.4, -0.2) is 16.5 Å². The average Bonchev–Trinajstić information content (AvgIpc) is 2.49. The molecule has 0 saturated heterocycles. The number of benzene rings is 1. The van der Waals surface area contributed by atoms with E-state index in [0.29, 0.717) is 11.5 Å². The molecule has 1 heterocycles. The molecule has 0 aliphatic rings. The number of halogens is 1. The van der Waals surface area contributed by atoms with E-state index in [9.17, 15) is 4.39 Å². The number of nitriles is 1. The van der Waals surface area contributed by atoms with E-state index in [-0.39, 0.29) is 5.56 Å². The zero-order valence-corrected chi connectivity index (χ0v) is 11.9. The summed E-state index contributed by atoms with van der Waals surface area (Å²) in [6.45, 7) is 4.77. The summed E-state index contributed by atoms with van der Waals surface area (Å²) in [6, 6.07) is 5.98. The molecule has 2 N–H and O–H groups in total. The molecule has 2 rings (SSSR count). The molecule has 0 aliphatic carbocycles. The first-order valence-corrected chi connectivity index (χ1v) is 6.67. The second kappa shape index (κ2) is 6.66. The Balaban J connectivity index is 2.30. The SMILES string of the molecule is CCCNc1ncnc(Nc2ccc(F)cc2C#N)c1C. The van der Waals surface area contributed by atoms with Gasteiger partial charge in [0.05, 0.1) is 11.3 Å². The van der Waals surface area contributed by atoms with E-state index < -0.39 is 5.82 Å². The fourth-order valence-electron chi connectivity index (χ4n) is 1.84. The predicted octanol–water partition coefficient (Wildman–Crippen LogP) is 3.36. The Kier molecular flexibility index (Phi) is 4.67. The summed E-state index contributed by atoms with van der Waals surface area (Å²) in [4.78, 5) is 8.36. The van der Waals surface area contributed by atoms with Crippen LogP contribution in [0.2, 0.25) is 0 Å². The quantitative estimate of drug-likeness (QED) is 0.881. The topological polar surface area (TPSA) is 73.6 Å². The van der Waals surface area contributed by atoms with Crippen LogP contribution in [0.1, 0.15) is 24.5 Å². The molecule has 0 fully saturated rings. The van der Waals surface area contributed by atoms with Gasteiger partial charge >= 0.3 is 0 Å². The molecule has 108 valence electrons. The van der Waals surface area contributed by atoms with E-state index >= 15 is 0 Å². The number of hydrogen-bond acceptors (Lipinski definition) is 5. The molecule has 0 amide bonds. The normalized spacial score (nSPS) is 10.0. The van der Waals surface area contributed by atoms with Gasteiger partial charge in [0.25, 0.3) is 0 Å². The first-order chi connectivity index (χ1) is 10.2. The van der Waals surface area contributed by atoms with Crippen molar-refractivity contribution in [1.82, 2.24) is 9.97 Å². The van der Waals surface area contributed by atoms with Gasteiger partial charge in [-0.1, -0.05) is 6.92 Å². The van der Waals surface area contributed by atoms with Crippen molar-refractivity contribution in [2.24, 2.45) is 0 Å². The summed E-state index contributed by atoms with van der Waals surface area (Å²) in [5, 5.41) is 15.3. The fraction of sp³-hybridized carbons (Fsp3) is 0.267. The van der Waals surface area contributed by atoms with Gasteiger partial charge in [-0.25, -0.2) is 14.4 Å². The van der Waals surface area contributed by atoms with Gasteiger partial charge in [0.1, 0.15) is 29.8 Å². The molecule has 0 radical (unpaired) electrons. The molecule has 0 saturated carbocycles. The highest BCUT2D eigenvalue weighted by atomic mass is 19.1. The molecule has 1 aromatic heterocycles. The van der Waals surface area contributed by atoms with Gasteiger partial charge in [-0.2, -0.15) is 5.26 Å². The lowest BCUT2D eigenvalue weighted by molar-refractivity contribution is 0.627. The standard InChI is InChI=1S/C15H16FN5/c1-3-6-18-14-10(2)15(20-9-19-14)21-13-5-4-12(16)7-11(13)8-17/h4-5,7,9H,3,6H2,1-2H3,(H2,18,19,20,21). The van der Waals surface area contributed by atoms with E-state index in [2.05, 4.69) is 27.5 Å². The molecule has 0 spiro atoms. The second-order valence-electron chi connectivity index (χ2n) is 4.55. The molecular formula is C15H16FN5. The maximum atomic E-state index is 13.1. The highest BCUT2D eigenvalue weighted by molar-refractivity contribution is 5.68. The Morgan fingerprint density at radius 3 is 2.76 bits per heavy atom. The Bertz CT molecular complexity index is 678. The lowest BCUT2D eigenvalue weighted by Gasteiger charge is -2.13. The Hall–Kier alpha value is -2.68. The average molecular weight is 285 g/mol. The minimum absolute atomic E-state index is 0.232. The molecule has 0 aliphatic heterocycles. The Morgan fingerprint density at radius 1 is 1.29 bits per heavy atom.